The smallest absolute Gasteiger partial charge is 0.278 e. The van der Waals surface area contributed by atoms with Crippen LogP contribution in [0.3, 0.4) is 0 Å². The average molecular weight is 452 g/mol. The number of halogens is 1. The topological polar surface area (TPSA) is 72.7 Å². The third-order valence-electron chi connectivity index (χ3n) is 4.92. The van der Waals surface area contributed by atoms with Crippen molar-refractivity contribution in [1.82, 2.24) is 19.7 Å². The number of hydrogen-bond acceptors (Lipinski definition) is 7. The van der Waals surface area contributed by atoms with Crippen LogP contribution in [0, 0.1) is 0 Å². The maximum atomic E-state index is 13.3. The Morgan fingerprint density at radius 1 is 1.30 bits per heavy atom. The quantitative estimate of drug-likeness (QED) is 0.550. The molecule has 3 aromatic rings. The first-order valence-electron chi connectivity index (χ1n) is 9.79. The lowest BCUT2D eigenvalue weighted by atomic mass is 10.3. The monoisotopic (exact) mass is 451 g/mol. The second-order valence-electron chi connectivity index (χ2n) is 6.81. The van der Waals surface area contributed by atoms with Gasteiger partial charge in [-0.25, -0.2) is 4.98 Å². The summed E-state index contributed by atoms with van der Waals surface area (Å²) in [6.45, 7) is 7.13. The lowest BCUT2D eigenvalue weighted by Crippen LogP contribution is -2.43. The number of hydrogen-bond donors (Lipinski definition) is 0. The zero-order valence-electron chi connectivity index (χ0n) is 17.1. The van der Waals surface area contributed by atoms with E-state index in [4.69, 9.17) is 14.5 Å². The van der Waals surface area contributed by atoms with Crippen LogP contribution in [0.25, 0.3) is 10.2 Å². The van der Waals surface area contributed by atoms with Crippen LogP contribution in [0.15, 0.2) is 30.5 Å². The highest BCUT2D eigenvalue weighted by molar-refractivity contribution is 7.22. The van der Waals surface area contributed by atoms with E-state index < -0.39 is 0 Å². The Balaban J connectivity index is 0.00000256. The van der Waals surface area contributed by atoms with Gasteiger partial charge in [-0.15, -0.1) is 12.4 Å². The minimum Gasteiger partial charge on any atom is -0.494 e. The van der Waals surface area contributed by atoms with Crippen molar-refractivity contribution in [2.45, 2.75) is 6.92 Å². The van der Waals surface area contributed by atoms with Crippen LogP contribution in [0.5, 0.6) is 5.75 Å². The maximum Gasteiger partial charge on any atom is 0.278 e. The molecule has 2 aromatic heterocycles. The second-order valence-corrected chi connectivity index (χ2v) is 7.82. The van der Waals surface area contributed by atoms with Gasteiger partial charge in [0.05, 0.1) is 30.0 Å². The van der Waals surface area contributed by atoms with Gasteiger partial charge >= 0.3 is 0 Å². The van der Waals surface area contributed by atoms with Gasteiger partial charge in [-0.3, -0.25) is 19.3 Å². The average Bonchev–Trinajstić information content (AvgIpc) is 3.34. The summed E-state index contributed by atoms with van der Waals surface area (Å²) in [5.41, 5.74) is 1.41. The first kappa shape index (κ1) is 22.5. The summed E-state index contributed by atoms with van der Waals surface area (Å²) < 4.78 is 13.6. The van der Waals surface area contributed by atoms with Gasteiger partial charge in [0.25, 0.3) is 5.91 Å². The van der Waals surface area contributed by atoms with Crippen molar-refractivity contribution in [2.24, 2.45) is 7.05 Å². The van der Waals surface area contributed by atoms with E-state index >= 15 is 0 Å². The molecule has 8 nitrogen and oxygen atoms in total. The molecule has 30 heavy (non-hydrogen) atoms. The van der Waals surface area contributed by atoms with Crippen molar-refractivity contribution in [3.8, 4) is 5.75 Å². The zero-order chi connectivity index (χ0) is 20.2. The van der Waals surface area contributed by atoms with E-state index in [1.807, 2.05) is 25.1 Å². The van der Waals surface area contributed by atoms with Gasteiger partial charge in [0, 0.05) is 39.4 Å². The molecule has 1 aliphatic heterocycles. The number of rotatable bonds is 7. The molecule has 1 fully saturated rings. The standard InChI is InChI=1S/C20H25N5O3S.ClH/c1-3-28-15-4-5-16-18(14-15)29-20(22-16)25(9-8-24-10-12-27-13-11-24)19(26)17-6-7-21-23(17)2;/h4-7,14H,3,8-13H2,1-2H3;1H. The maximum absolute atomic E-state index is 13.3. The van der Waals surface area contributed by atoms with Crippen LogP contribution in [-0.2, 0) is 11.8 Å². The van der Waals surface area contributed by atoms with Gasteiger partial charge in [0.15, 0.2) is 5.13 Å². The number of fused-ring (bicyclic) bond motifs is 1. The molecule has 0 radical (unpaired) electrons. The molecule has 1 aliphatic rings. The van der Waals surface area contributed by atoms with E-state index in [1.54, 1.807) is 28.9 Å². The SMILES string of the molecule is CCOc1ccc2nc(N(CCN3CCOCC3)C(=O)c3ccnn3C)sc2c1.Cl. The number of benzene rings is 1. The van der Waals surface area contributed by atoms with E-state index in [1.165, 1.54) is 11.3 Å². The highest BCUT2D eigenvalue weighted by Crippen LogP contribution is 2.32. The first-order valence-corrected chi connectivity index (χ1v) is 10.6. The summed E-state index contributed by atoms with van der Waals surface area (Å²) in [7, 11) is 1.78. The van der Waals surface area contributed by atoms with E-state index in [-0.39, 0.29) is 18.3 Å². The Bertz CT molecular complexity index is 986. The molecule has 0 aliphatic carbocycles. The molecule has 10 heteroatoms. The summed E-state index contributed by atoms with van der Waals surface area (Å²) >= 11 is 1.50. The molecule has 0 bridgehead atoms. The Morgan fingerprint density at radius 2 is 2.10 bits per heavy atom. The van der Waals surface area contributed by atoms with E-state index in [0.717, 1.165) is 48.8 Å². The number of morpholine rings is 1. The molecule has 162 valence electrons. The predicted molar refractivity (Wildman–Crippen MR) is 120 cm³/mol. The predicted octanol–water partition coefficient (Wildman–Crippen LogP) is 2.83. The van der Waals surface area contributed by atoms with Gasteiger partial charge in [0.2, 0.25) is 0 Å². The molecule has 0 saturated carbocycles. The molecular formula is C20H26ClN5O3S. The molecule has 0 unspecified atom stereocenters. The van der Waals surface area contributed by atoms with E-state index in [0.29, 0.717) is 24.0 Å². The fourth-order valence-electron chi connectivity index (χ4n) is 3.34. The molecule has 4 rings (SSSR count). The molecule has 3 heterocycles. The van der Waals surface area contributed by atoms with Gasteiger partial charge in [-0.2, -0.15) is 5.10 Å². The number of thiazole rings is 1. The number of amides is 1. The molecule has 0 spiro atoms. The third kappa shape index (κ3) is 4.92. The molecule has 1 amide bonds. The number of anilines is 1. The highest BCUT2D eigenvalue weighted by Gasteiger charge is 2.24. The highest BCUT2D eigenvalue weighted by atomic mass is 35.5. The Hall–Kier alpha value is -2.20. The Morgan fingerprint density at radius 3 is 2.80 bits per heavy atom. The second kappa shape index (κ2) is 10.2. The van der Waals surface area contributed by atoms with Crippen molar-refractivity contribution in [2.75, 3.05) is 50.9 Å². The Labute approximate surface area is 185 Å². The van der Waals surface area contributed by atoms with E-state index in [9.17, 15) is 4.79 Å². The summed E-state index contributed by atoms with van der Waals surface area (Å²) in [5, 5.41) is 4.84. The number of aryl methyl sites for hydroxylation is 1. The largest absolute Gasteiger partial charge is 0.494 e. The van der Waals surface area contributed by atoms with E-state index in [2.05, 4.69) is 10.00 Å². The van der Waals surface area contributed by atoms with Crippen LogP contribution in [-0.4, -0.2) is 71.6 Å². The minimum atomic E-state index is -0.0950. The number of ether oxygens (including phenoxy) is 2. The van der Waals surface area contributed by atoms with Gasteiger partial charge in [0.1, 0.15) is 11.4 Å². The van der Waals surface area contributed by atoms with Crippen molar-refractivity contribution in [3.05, 3.63) is 36.2 Å². The van der Waals surface area contributed by atoms with Crippen molar-refractivity contribution < 1.29 is 14.3 Å². The molecular weight excluding hydrogens is 426 g/mol. The lowest BCUT2D eigenvalue weighted by molar-refractivity contribution is 0.0391. The summed E-state index contributed by atoms with van der Waals surface area (Å²) in [4.78, 5) is 22.1. The Kier molecular flexibility index (Phi) is 7.65. The first-order chi connectivity index (χ1) is 14.2. The summed E-state index contributed by atoms with van der Waals surface area (Å²) in [5.74, 6) is 0.718. The normalized spacial score (nSPS) is 14.5. The number of aromatic nitrogens is 3. The zero-order valence-corrected chi connectivity index (χ0v) is 18.7. The third-order valence-corrected chi connectivity index (χ3v) is 5.96. The van der Waals surface area contributed by atoms with Crippen LogP contribution in [0.2, 0.25) is 0 Å². The minimum absolute atomic E-state index is 0. The fourth-order valence-corrected chi connectivity index (χ4v) is 4.36. The number of carbonyl (C=O) groups excluding carboxylic acids is 1. The summed E-state index contributed by atoms with van der Waals surface area (Å²) in [6.07, 6.45) is 1.64. The summed E-state index contributed by atoms with van der Waals surface area (Å²) in [6, 6.07) is 7.57. The van der Waals surface area contributed by atoms with Crippen LogP contribution >= 0.6 is 23.7 Å². The number of nitrogens with zero attached hydrogens (tertiary/aromatic N) is 5. The van der Waals surface area contributed by atoms with Crippen molar-refractivity contribution in [3.63, 3.8) is 0 Å². The van der Waals surface area contributed by atoms with Crippen LogP contribution in [0.4, 0.5) is 5.13 Å². The molecule has 1 aromatic carbocycles. The van der Waals surface area contributed by atoms with Gasteiger partial charge in [-0.05, 0) is 31.2 Å². The molecule has 0 N–H and O–H groups in total. The molecule has 1 saturated heterocycles. The van der Waals surface area contributed by atoms with Crippen molar-refractivity contribution in [1.29, 1.82) is 0 Å². The van der Waals surface area contributed by atoms with Crippen LogP contribution < -0.4 is 9.64 Å². The number of carbonyl (C=O) groups is 1. The van der Waals surface area contributed by atoms with Crippen molar-refractivity contribution >= 4 is 45.0 Å². The lowest BCUT2D eigenvalue weighted by Gasteiger charge is -2.29. The van der Waals surface area contributed by atoms with Crippen LogP contribution in [0.1, 0.15) is 17.4 Å². The molecule has 0 atom stereocenters. The van der Waals surface area contributed by atoms with Gasteiger partial charge < -0.3 is 9.47 Å². The van der Waals surface area contributed by atoms with Gasteiger partial charge in [-0.1, -0.05) is 11.3 Å². The fraction of sp³-hybridized carbons (Fsp3) is 0.450.